The molecule has 0 aromatic carbocycles. The number of halogens is 1. The van der Waals surface area contributed by atoms with E-state index in [1.807, 2.05) is 0 Å². The molecule has 29 heavy (non-hydrogen) atoms. The number of aliphatic hydroxyl groups is 1. The quantitative estimate of drug-likeness (QED) is 0.650. The number of nitrogens with one attached hydrogen (secondary N) is 2. The van der Waals surface area contributed by atoms with E-state index in [0.29, 0.717) is 28.6 Å². The van der Waals surface area contributed by atoms with Gasteiger partial charge in [-0.15, -0.1) is 0 Å². The number of nitriles is 1. The van der Waals surface area contributed by atoms with Crippen LogP contribution < -0.4 is 10.6 Å². The Labute approximate surface area is 169 Å². The molecule has 0 spiro atoms. The fraction of sp³-hybridized carbons (Fsp3) is 0.550. The molecule has 2 atom stereocenters. The van der Waals surface area contributed by atoms with E-state index in [1.54, 1.807) is 6.20 Å². The third kappa shape index (κ3) is 4.27. The summed E-state index contributed by atoms with van der Waals surface area (Å²) in [6, 6.07) is 2.19. The number of hydrogen-bond acceptors (Lipinski definition) is 8. The minimum absolute atomic E-state index is 0.0935. The zero-order valence-electron chi connectivity index (χ0n) is 17.1. The molecule has 0 bridgehead atoms. The van der Waals surface area contributed by atoms with Crippen LogP contribution in [0.2, 0.25) is 0 Å². The average molecular weight is 399 g/mol. The molecule has 0 aliphatic heterocycles. The van der Waals surface area contributed by atoms with Gasteiger partial charge in [0.25, 0.3) is 0 Å². The summed E-state index contributed by atoms with van der Waals surface area (Å²) in [4.78, 5) is 16.6. The van der Waals surface area contributed by atoms with Crippen molar-refractivity contribution in [3.05, 3.63) is 35.5 Å². The number of aliphatic hydroxyl groups excluding tert-OH is 1. The first kappa shape index (κ1) is 20.9. The molecule has 1 aliphatic rings. The fourth-order valence-electron chi connectivity index (χ4n) is 3.59. The smallest absolute Gasteiger partial charge is 0.224 e. The molecule has 3 rings (SSSR count). The number of anilines is 2. The Balaban J connectivity index is 1.76. The Morgan fingerprint density at radius 2 is 2.10 bits per heavy atom. The zero-order chi connectivity index (χ0) is 21.2. The van der Waals surface area contributed by atoms with E-state index >= 15 is 0 Å². The van der Waals surface area contributed by atoms with Crippen LogP contribution in [0.4, 0.5) is 16.2 Å². The van der Waals surface area contributed by atoms with Crippen molar-refractivity contribution in [1.82, 2.24) is 19.9 Å². The first-order chi connectivity index (χ1) is 13.7. The molecular formula is C20H26FN7O. The van der Waals surface area contributed by atoms with Gasteiger partial charge in [-0.2, -0.15) is 10.2 Å². The summed E-state index contributed by atoms with van der Waals surface area (Å²) in [5.74, 6) is 0.967. The van der Waals surface area contributed by atoms with Crippen molar-refractivity contribution in [2.24, 2.45) is 11.3 Å². The molecule has 1 fully saturated rings. The first-order valence-corrected chi connectivity index (χ1v) is 9.53. The van der Waals surface area contributed by atoms with Crippen molar-refractivity contribution in [3.63, 3.8) is 0 Å². The van der Waals surface area contributed by atoms with Crippen LogP contribution in [0.5, 0.6) is 0 Å². The van der Waals surface area contributed by atoms with E-state index in [9.17, 15) is 14.8 Å². The Kier molecular flexibility index (Phi) is 5.66. The van der Waals surface area contributed by atoms with Gasteiger partial charge >= 0.3 is 0 Å². The van der Waals surface area contributed by atoms with Gasteiger partial charge in [-0.3, -0.25) is 0 Å². The number of rotatable bonds is 7. The van der Waals surface area contributed by atoms with Crippen LogP contribution in [-0.2, 0) is 12.2 Å². The van der Waals surface area contributed by atoms with Gasteiger partial charge < -0.3 is 15.7 Å². The molecule has 3 N–H and O–H groups in total. The SMILES string of the molecule is CC(C)(F)c1ncncc1CNc1ncc(C#N)c(N[C@@H]2C[C@H](CO)C2(C)C)n1. The molecule has 1 saturated carbocycles. The lowest BCUT2D eigenvalue weighted by molar-refractivity contribution is 0.00449. The van der Waals surface area contributed by atoms with Crippen LogP contribution in [0.15, 0.2) is 18.7 Å². The Morgan fingerprint density at radius 1 is 1.34 bits per heavy atom. The van der Waals surface area contributed by atoms with E-state index in [2.05, 4.69) is 50.5 Å². The molecule has 9 heteroatoms. The first-order valence-electron chi connectivity index (χ1n) is 9.53. The van der Waals surface area contributed by atoms with Gasteiger partial charge in [-0.25, -0.2) is 19.3 Å². The summed E-state index contributed by atoms with van der Waals surface area (Å²) < 4.78 is 14.4. The number of alkyl halides is 1. The molecule has 0 saturated heterocycles. The maximum Gasteiger partial charge on any atom is 0.224 e. The molecule has 1 aliphatic carbocycles. The largest absolute Gasteiger partial charge is 0.396 e. The van der Waals surface area contributed by atoms with Gasteiger partial charge in [0.05, 0.1) is 11.9 Å². The average Bonchev–Trinajstić information content (AvgIpc) is 2.68. The number of nitrogens with zero attached hydrogens (tertiary/aromatic N) is 5. The van der Waals surface area contributed by atoms with E-state index in [-0.39, 0.29) is 30.5 Å². The standard InChI is InChI=1S/C20H26FN7O/c1-19(2)14(10-29)5-15(19)27-17-12(6-22)8-24-18(28-17)25-9-13-7-23-11-26-16(13)20(3,4)21/h7-8,11,14-15,29H,5,9-10H2,1-4H3,(H2,24,25,27,28)/t14-,15-/m1/s1. The van der Waals surface area contributed by atoms with E-state index in [1.165, 1.54) is 26.4 Å². The van der Waals surface area contributed by atoms with Gasteiger partial charge in [-0.1, -0.05) is 13.8 Å². The monoisotopic (exact) mass is 399 g/mol. The van der Waals surface area contributed by atoms with Crippen LogP contribution in [0, 0.1) is 22.7 Å². The highest BCUT2D eigenvalue weighted by atomic mass is 19.1. The molecule has 0 amide bonds. The lowest BCUT2D eigenvalue weighted by Crippen LogP contribution is -2.54. The summed E-state index contributed by atoms with van der Waals surface area (Å²) in [6.45, 7) is 7.43. The zero-order valence-corrected chi connectivity index (χ0v) is 17.1. The van der Waals surface area contributed by atoms with Gasteiger partial charge in [0.1, 0.15) is 29.4 Å². The van der Waals surface area contributed by atoms with Gasteiger partial charge in [0, 0.05) is 31.0 Å². The molecule has 2 aromatic heterocycles. The second kappa shape index (κ2) is 7.87. The maximum absolute atomic E-state index is 14.4. The third-order valence-corrected chi connectivity index (χ3v) is 5.70. The predicted octanol–water partition coefficient (Wildman–Crippen LogP) is 2.77. The summed E-state index contributed by atoms with van der Waals surface area (Å²) in [5, 5.41) is 25.2. The van der Waals surface area contributed by atoms with Gasteiger partial charge in [0.2, 0.25) is 5.95 Å². The highest BCUT2D eigenvalue weighted by molar-refractivity contribution is 5.54. The van der Waals surface area contributed by atoms with Crippen molar-refractivity contribution in [2.75, 3.05) is 17.2 Å². The minimum Gasteiger partial charge on any atom is -0.396 e. The van der Waals surface area contributed by atoms with Crippen LogP contribution in [0.1, 0.15) is 50.9 Å². The summed E-state index contributed by atoms with van der Waals surface area (Å²) in [7, 11) is 0. The minimum atomic E-state index is -1.60. The Hall–Kier alpha value is -2.86. The Morgan fingerprint density at radius 3 is 2.72 bits per heavy atom. The van der Waals surface area contributed by atoms with Gasteiger partial charge in [0.15, 0.2) is 0 Å². The van der Waals surface area contributed by atoms with Crippen molar-refractivity contribution in [1.29, 1.82) is 5.26 Å². The van der Waals surface area contributed by atoms with E-state index in [4.69, 9.17) is 0 Å². The van der Waals surface area contributed by atoms with Crippen LogP contribution in [0.3, 0.4) is 0 Å². The second-order valence-corrected chi connectivity index (χ2v) is 8.42. The topological polar surface area (TPSA) is 120 Å². The summed E-state index contributed by atoms with van der Waals surface area (Å²) in [5.41, 5.74) is -0.459. The molecular weight excluding hydrogens is 373 g/mol. The maximum atomic E-state index is 14.4. The van der Waals surface area contributed by atoms with Crippen molar-refractivity contribution < 1.29 is 9.50 Å². The van der Waals surface area contributed by atoms with E-state index < -0.39 is 5.67 Å². The molecule has 2 aromatic rings. The third-order valence-electron chi connectivity index (χ3n) is 5.70. The summed E-state index contributed by atoms with van der Waals surface area (Å²) in [6.07, 6.45) is 5.14. The number of hydrogen-bond donors (Lipinski definition) is 3. The molecule has 8 nitrogen and oxygen atoms in total. The van der Waals surface area contributed by atoms with Gasteiger partial charge in [-0.05, 0) is 31.6 Å². The van der Waals surface area contributed by atoms with Crippen LogP contribution in [0.25, 0.3) is 0 Å². The second-order valence-electron chi connectivity index (χ2n) is 8.42. The fourth-order valence-corrected chi connectivity index (χ4v) is 3.59. The highest BCUT2D eigenvalue weighted by Gasteiger charge is 2.47. The van der Waals surface area contributed by atoms with Crippen molar-refractivity contribution >= 4 is 11.8 Å². The normalized spacial score (nSPS) is 20.4. The Bertz CT molecular complexity index is 920. The van der Waals surface area contributed by atoms with E-state index in [0.717, 1.165) is 6.42 Å². The van der Waals surface area contributed by atoms with Crippen LogP contribution >= 0.6 is 0 Å². The summed E-state index contributed by atoms with van der Waals surface area (Å²) >= 11 is 0. The lowest BCUT2D eigenvalue weighted by Gasteiger charge is -2.52. The molecule has 2 heterocycles. The highest BCUT2D eigenvalue weighted by Crippen LogP contribution is 2.47. The molecule has 154 valence electrons. The lowest BCUT2D eigenvalue weighted by atomic mass is 9.59. The predicted molar refractivity (Wildman–Crippen MR) is 107 cm³/mol. The van der Waals surface area contributed by atoms with Crippen molar-refractivity contribution in [2.45, 2.75) is 52.4 Å². The van der Waals surface area contributed by atoms with Crippen LogP contribution in [-0.4, -0.2) is 37.7 Å². The molecule has 0 radical (unpaired) electrons. The van der Waals surface area contributed by atoms with Crippen molar-refractivity contribution in [3.8, 4) is 6.07 Å². The molecule has 0 unspecified atom stereocenters. The number of aromatic nitrogens is 4.